The highest BCUT2D eigenvalue weighted by Crippen LogP contribution is 2.15. The van der Waals surface area contributed by atoms with Crippen molar-refractivity contribution in [3.63, 3.8) is 0 Å². The fourth-order valence-electron chi connectivity index (χ4n) is 2.45. The van der Waals surface area contributed by atoms with Gasteiger partial charge in [-0.3, -0.25) is 9.89 Å². The van der Waals surface area contributed by atoms with Crippen LogP contribution in [0.2, 0.25) is 0 Å². The number of para-hydroxylation sites is 1. The van der Waals surface area contributed by atoms with E-state index >= 15 is 0 Å². The molecular formula is C18H22N6OS. The van der Waals surface area contributed by atoms with Crippen molar-refractivity contribution in [3.05, 3.63) is 54.1 Å². The lowest BCUT2D eigenvalue weighted by Crippen LogP contribution is -2.27. The SMILES string of the molecule is CCCc1nc(SCC(=O)N(C)Cc2cnn(-c3ccccc3)c2)n[nH]1. The van der Waals surface area contributed by atoms with Crippen LogP contribution < -0.4 is 0 Å². The summed E-state index contributed by atoms with van der Waals surface area (Å²) in [5, 5.41) is 12.0. The molecule has 0 radical (unpaired) electrons. The molecule has 1 amide bonds. The van der Waals surface area contributed by atoms with Crippen LogP contribution in [-0.4, -0.2) is 48.6 Å². The normalized spacial score (nSPS) is 10.8. The number of aryl methyl sites for hydroxylation is 1. The van der Waals surface area contributed by atoms with Gasteiger partial charge in [0.2, 0.25) is 11.1 Å². The fraction of sp³-hybridized carbons (Fsp3) is 0.333. The molecule has 1 N–H and O–H groups in total. The first-order chi connectivity index (χ1) is 12.7. The summed E-state index contributed by atoms with van der Waals surface area (Å²) in [6, 6.07) is 9.90. The van der Waals surface area contributed by atoms with Crippen molar-refractivity contribution in [3.8, 4) is 5.69 Å². The van der Waals surface area contributed by atoms with Crippen molar-refractivity contribution in [2.24, 2.45) is 0 Å². The third-order valence-electron chi connectivity index (χ3n) is 3.83. The van der Waals surface area contributed by atoms with Gasteiger partial charge in [-0.15, -0.1) is 5.10 Å². The van der Waals surface area contributed by atoms with E-state index in [1.807, 2.05) is 41.2 Å². The Balaban J connectivity index is 1.51. The minimum Gasteiger partial charge on any atom is -0.341 e. The zero-order valence-corrected chi connectivity index (χ0v) is 15.7. The number of thioether (sulfide) groups is 1. The van der Waals surface area contributed by atoms with Gasteiger partial charge in [-0.1, -0.05) is 36.9 Å². The summed E-state index contributed by atoms with van der Waals surface area (Å²) in [6.07, 6.45) is 5.61. The van der Waals surface area contributed by atoms with Crippen LogP contribution in [0, 0.1) is 0 Å². The van der Waals surface area contributed by atoms with Gasteiger partial charge in [0.15, 0.2) is 0 Å². The first-order valence-electron chi connectivity index (χ1n) is 8.52. The first-order valence-corrected chi connectivity index (χ1v) is 9.51. The highest BCUT2D eigenvalue weighted by molar-refractivity contribution is 7.99. The van der Waals surface area contributed by atoms with E-state index in [4.69, 9.17) is 0 Å². The average molecular weight is 370 g/mol. The number of hydrogen-bond acceptors (Lipinski definition) is 5. The zero-order valence-electron chi connectivity index (χ0n) is 14.9. The number of amides is 1. The molecule has 7 nitrogen and oxygen atoms in total. The molecule has 0 bridgehead atoms. The second kappa shape index (κ2) is 8.66. The van der Waals surface area contributed by atoms with Gasteiger partial charge in [-0.05, 0) is 18.6 Å². The molecule has 0 unspecified atom stereocenters. The molecule has 3 rings (SSSR count). The Kier molecular flexibility index (Phi) is 6.06. The molecule has 136 valence electrons. The van der Waals surface area contributed by atoms with E-state index in [-0.39, 0.29) is 5.91 Å². The molecule has 1 aromatic carbocycles. The Labute approximate surface area is 156 Å². The minimum absolute atomic E-state index is 0.0318. The maximum Gasteiger partial charge on any atom is 0.233 e. The standard InChI is InChI=1S/C18H22N6OS/c1-3-7-16-20-18(22-21-16)26-13-17(25)23(2)11-14-10-19-24(12-14)15-8-5-4-6-9-15/h4-6,8-10,12H,3,7,11,13H2,1-2H3,(H,20,21,22). The fourth-order valence-corrected chi connectivity index (χ4v) is 3.21. The molecule has 0 saturated carbocycles. The van der Waals surface area contributed by atoms with Crippen molar-refractivity contribution in [1.82, 2.24) is 29.9 Å². The van der Waals surface area contributed by atoms with Crippen LogP contribution in [0.1, 0.15) is 24.7 Å². The number of rotatable bonds is 8. The third-order valence-corrected chi connectivity index (χ3v) is 4.66. The smallest absolute Gasteiger partial charge is 0.233 e. The predicted molar refractivity (Wildman–Crippen MR) is 101 cm³/mol. The van der Waals surface area contributed by atoms with Crippen LogP contribution in [0.5, 0.6) is 0 Å². The van der Waals surface area contributed by atoms with Gasteiger partial charge in [-0.2, -0.15) is 5.10 Å². The molecule has 2 heterocycles. The first kappa shape index (κ1) is 18.2. The summed E-state index contributed by atoms with van der Waals surface area (Å²) >= 11 is 1.35. The zero-order chi connectivity index (χ0) is 18.4. The summed E-state index contributed by atoms with van der Waals surface area (Å²) in [4.78, 5) is 18.4. The molecule has 0 atom stereocenters. The highest BCUT2D eigenvalue weighted by atomic mass is 32.2. The van der Waals surface area contributed by atoms with Gasteiger partial charge in [0.25, 0.3) is 0 Å². The average Bonchev–Trinajstić information content (AvgIpc) is 3.30. The van der Waals surface area contributed by atoms with Crippen LogP contribution >= 0.6 is 11.8 Å². The Morgan fingerprint density at radius 2 is 2.12 bits per heavy atom. The Morgan fingerprint density at radius 3 is 2.88 bits per heavy atom. The van der Waals surface area contributed by atoms with Gasteiger partial charge >= 0.3 is 0 Å². The van der Waals surface area contributed by atoms with E-state index in [2.05, 4.69) is 27.2 Å². The maximum absolute atomic E-state index is 12.3. The molecule has 0 aliphatic carbocycles. The van der Waals surface area contributed by atoms with E-state index in [0.717, 1.165) is 29.9 Å². The second-order valence-corrected chi connectivity index (χ2v) is 6.92. The number of nitrogens with zero attached hydrogens (tertiary/aromatic N) is 5. The van der Waals surface area contributed by atoms with E-state index in [1.165, 1.54) is 11.8 Å². The molecule has 0 saturated heterocycles. The van der Waals surface area contributed by atoms with Crippen LogP contribution in [0.3, 0.4) is 0 Å². The minimum atomic E-state index is 0.0318. The Bertz CT molecular complexity index is 844. The number of H-pyrrole nitrogens is 1. The van der Waals surface area contributed by atoms with E-state index in [9.17, 15) is 4.79 Å². The van der Waals surface area contributed by atoms with Gasteiger partial charge in [0.05, 0.1) is 17.6 Å². The Hall–Kier alpha value is -2.61. The predicted octanol–water partition coefficient (Wildman–Crippen LogP) is 2.69. The molecule has 0 fully saturated rings. The quantitative estimate of drug-likeness (QED) is 0.617. The summed E-state index contributed by atoms with van der Waals surface area (Å²) in [5.41, 5.74) is 1.98. The lowest BCUT2D eigenvalue weighted by molar-refractivity contribution is -0.127. The number of benzene rings is 1. The van der Waals surface area contributed by atoms with Crippen LogP contribution in [0.25, 0.3) is 5.69 Å². The molecule has 3 aromatic rings. The summed E-state index contributed by atoms with van der Waals surface area (Å²) in [6.45, 7) is 2.61. The topological polar surface area (TPSA) is 79.7 Å². The van der Waals surface area contributed by atoms with E-state index in [0.29, 0.717) is 17.5 Å². The maximum atomic E-state index is 12.3. The number of aromatic amines is 1. The van der Waals surface area contributed by atoms with Crippen molar-refractivity contribution < 1.29 is 4.79 Å². The Morgan fingerprint density at radius 1 is 1.31 bits per heavy atom. The largest absolute Gasteiger partial charge is 0.341 e. The van der Waals surface area contributed by atoms with Crippen LogP contribution in [-0.2, 0) is 17.8 Å². The highest BCUT2D eigenvalue weighted by Gasteiger charge is 2.13. The lowest BCUT2D eigenvalue weighted by atomic mass is 10.3. The van der Waals surface area contributed by atoms with Gasteiger partial charge < -0.3 is 4.90 Å². The van der Waals surface area contributed by atoms with Gasteiger partial charge in [0.1, 0.15) is 5.82 Å². The van der Waals surface area contributed by atoms with E-state index < -0.39 is 0 Å². The lowest BCUT2D eigenvalue weighted by Gasteiger charge is -2.15. The monoisotopic (exact) mass is 370 g/mol. The van der Waals surface area contributed by atoms with Crippen LogP contribution in [0.4, 0.5) is 0 Å². The van der Waals surface area contributed by atoms with Crippen molar-refractivity contribution >= 4 is 17.7 Å². The van der Waals surface area contributed by atoms with Gasteiger partial charge in [-0.25, -0.2) is 9.67 Å². The van der Waals surface area contributed by atoms with Crippen LogP contribution in [0.15, 0.2) is 47.9 Å². The summed E-state index contributed by atoms with van der Waals surface area (Å²) < 4.78 is 1.81. The number of aromatic nitrogens is 5. The molecular weight excluding hydrogens is 348 g/mol. The molecule has 8 heteroatoms. The molecule has 0 spiro atoms. The molecule has 2 aromatic heterocycles. The molecule has 0 aliphatic heterocycles. The van der Waals surface area contributed by atoms with Crippen molar-refractivity contribution in [2.45, 2.75) is 31.5 Å². The van der Waals surface area contributed by atoms with Crippen molar-refractivity contribution in [2.75, 3.05) is 12.8 Å². The number of hydrogen-bond donors (Lipinski definition) is 1. The number of carbonyl (C=O) groups is 1. The van der Waals surface area contributed by atoms with E-state index in [1.54, 1.807) is 18.1 Å². The number of carbonyl (C=O) groups excluding carboxylic acids is 1. The molecule has 0 aliphatic rings. The summed E-state index contributed by atoms with van der Waals surface area (Å²) in [5.74, 6) is 1.21. The second-order valence-electron chi connectivity index (χ2n) is 5.98. The number of nitrogens with one attached hydrogen (secondary N) is 1. The summed E-state index contributed by atoms with van der Waals surface area (Å²) in [7, 11) is 1.79. The molecule has 26 heavy (non-hydrogen) atoms. The van der Waals surface area contributed by atoms with Gasteiger partial charge in [0, 0.05) is 31.8 Å². The van der Waals surface area contributed by atoms with Crippen molar-refractivity contribution in [1.29, 1.82) is 0 Å². The third kappa shape index (κ3) is 4.72.